The van der Waals surface area contributed by atoms with Gasteiger partial charge in [-0.15, -0.1) is 9.24 Å². The molecule has 0 radical (unpaired) electrons. The van der Waals surface area contributed by atoms with Gasteiger partial charge in [0.1, 0.15) is 0 Å². The number of hydrogen-bond acceptors (Lipinski definition) is 0. The van der Waals surface area contributed by atoms with Crippen molar-refractivity contribution in [3.63, 3.8) is 0 Å². The molecular formula is C46H33P. The van der Waals surface area contributed by atoms with E-state index in [1.54, 1.807) is 0 Å². The second-order valence-electron chi connectivity index (χ2n) is 11.8. The quantitative estimate of drug-likeness (QED) is 0.163. The second-order valence-corrected chi connectivity index (χ2v) is 12.5. The summed E-state index contributed by atoms with van der Waals surface area (Å²) in [5.74, 6) is 0. The van der Waals surface area contributed by atoms with Crippen molar-refractivity contribution < 1.29 is 0 Å². The smallest absolute Gasteiger partial charge is 0.000743 e. The van der Waals surface area contributed by atoms with Crippen molar-refractivity contribution in [1.82, 2.24) is 0 Å². The van der Waals surface area contributed by atoms with Gasteiger partial charge in [0.2, 0.25) is 0 Å². The van der Waals surface area contributed by atoms with Crippen LogP contribution in [0.2, 0.25) is 0 Å². The van der Waals surface area contributed by atoms with E-state index in [0.29, 0.717) is 0 Å². The SMILES string of the molecule is Pc1ccc(-c2ccccc2)c(-c2ccccc2)c1-c1c(-c2ccccc2)c(-c2ccccc2)c(-c2ccccc2)c2ccccc12. The molecule has 0 saturated heterocycles. The maximum absolute atomic E-state index is 3.09. The van der Waals surface area contributed by atoms with E-state index in [-0.39, 0.29) is 0 Å². The fourth-order valence-electron chi connectivity index (χ4n) is 7.04. The van der Waals surface area contributed by atoms with E-state index >= 15 is 0 Å². The highest BCUT2D eigenvalue weighted by Gasteiger charge is 2.27. The number of benzene rings is 8. The summed E-state index contributed by atoms with van der Waals surface area (Å²) in [5.41, 5.74) is 14.6. The third kappa shape index (κ3) is 5.28. The van der Waals surface area contributed by atoms with Gasteiger partial charge >= 0.3 is 0 Å². The van der Waals surface area contributed by atoms with Gasteiger partial charge in [0.05, 0.1) is 0 Å². The molecule has 0 spiro atoms. The van der Waals surface area contributed by atoms with Crippen LogP contribution in [0.15, 0.2) is 188 Å². The van der Waals surface area contributed by atoms with Crippen LogP contribution in [0.1, 0.15) is 0 Å². The number of hydrogen-bond donors (Lipinski definition) is 0. The Morgan fingerprint density at radius 3 is 1.04 bits per heavy atom. The molecule has 8 rings (SSSR count). The van der Waals surface area contributed by atoms with Gasteiger partial charge in [-0.05, 0) is 82.8 Å². The molecule has 1 heteroatoms. The molecule has 0 saturated carbocycles. The molecule has 0 amide bonds. The summed E-state index contributed by atoms with van der Waals surface area (Å²) in [6, 6.07) is 68.0. The molecule has 222 valence electrons. The largest absolute Gasteiger partial charge is 0.105 e. The highest BCUT2D eigenvalue weighted by atomic mass is 31.0. The minimum atomic E-state index is 1.16. The van der Waals surface area contributed by atoms with E-state index in [9.17, 15) is 0 Å². The lowest BCUT2D eigenvalue weighted by molar-refractivity contribution is 1.56. The first kappa shape index (κ1) is 28.9. The van der Waals surface area contributed by atoms with Crippen molar-refractivity contribution in [2.24, 2.45) is 0 Å². The Morgan fingerprint density at radius 2 is 0.574 bits per heavy atom. The van der Waals surface area contributed by atoms with Gasteiger partial charge in [-0.1, -0.05) is 188 Å². The van der Waals surface area contributed by atoms with Crippen LogP contribution < -0.4 is 5.30 Å². The van der Waals surface area contributed by atoms with Gasteiger partial charge in [-0.3, -0.25) is 0 Å². The second kappa shape index (κ2) is 12.7. The summed E-state index contributed by atoms with van der Waals surface area (Å²) in [6.07, 6.45) is 0. The Balaban J connectivity index is 1.64. The fraction of sp³-hybridized carbons (Fsp3) is 0. The number of fused-ring (bicyclic) bond motifs is 1. The average Bonchev–Trinajstić information content (AvgIpc) is 3.15. The van der Waals surface area contributed by atoms with Crippen LogP contribution in [0.25, 0.3) is 77.5 Å². The molecule has 1 atom stereocenters. The summed E-state index contributed by atoms with van der Waals surface area (Å²) >= 11 is 0. The Kier molecular flexibility index (Phi) is 7.80. The molecule has 8 aromatic carbocycles. The van der Waals surface area contributed by atoms with Gasteiger partial charge in [-0.25, -0.2) is 0 Å². The average molecular weight is 617 g/mol. The van der Waals surface area contributed by atoms with Crippen LogP contribution >= 0.6 is 9.24 Å². The summed E-state index contributed by atoms with van der Waals surface area (Å²) in [7, 11) is 3.09. The van der Waals surface area contributed by atoms with E-state index in [2.05, 4.69) is 197 Å². The van der Waals surface area contributed by atoms with E-state index in [4.69, 9.17) is 0 Å². The Bertz CT molecular complexity index is 2310. The molecule has 0 aliphatic carbocycles. The summed E-state index contributed by atoms with van der Waals surface area (Å²) in [5, 5.41) is 3.63. The first-order valence-electron chi connectivity index (χ1n) is 16.1. The lowest BCUT2D eigenvalue weighted by atomic mass is 9.77. The highest BCUT2D eigenvalue weighted by Crippen LogP contribution is 2.53. The van der Waals surface area contributed by atoms with Crippen LogP contribution in [0, 0.1) is 0 Å². The molecule has 0 aliphatic heterocycles. The van der Waals surface area contributed by atoms with Crippen molar-refractivity contribution in [3.05, 3.63) is 188 Å². The van der Waals surface area contributed by atoms with E-state index < -0.39 is 0 Å². The molecule has 0 nitrogen and oxygen atoms in total. The van der Waals surface area contributed by atoms with E-state index in [1.165, 1.54) is 77.5 Å². The summed E-state index contributed by atoms with van der Waals surface area (Å²) < 4.78 is 0. The first-order chi connectivity index (χ1) is 23.3. The molecule has 0 fully saturated rings. The normalized spacial score (nSPS) is 11.1. The molecule has 0 aromatic heterocycles. The van der Waals surface area contributed by atoms with Gasteiger partial charge in [-0.2, -0.15) is 0 Å². The fourth-order valence-corrected chi connectivity index (χ4v) is 7.43. The van der Waals surface area contributed by atoms with Crippen LogP contribution in [-0.2, 0) is 0 Å². The standard InChI is InChI=1S/C46H33P/c47-40-31-30-37(32-18-6-1-7-19-32)41(33-20-8-2-9-21-33)46(40)45-39-29-17-16-28-38(39)42(34-22-10-3-11-23-34)43(35-24-12-4-13-25-35)44(45)36-26-14-5-15-27-36/h1-31H,47H2. The first-order valence-corrected chi connectivity index (χ1v) is 16.7. The van der Waals surface area contributed by atoms with Crippen molar-refractivity contribution in [2.75, 3.05) is 0 Å². The summed E-state index contributed by atoms with van der Waals surface area (Å²) in [4.78, 5) is 0. The van der Waals surface area contributed by atoms with Crippen LogP contribution in [-0.4, -0.2) is 0 Å². The Morgan fingerprint density at radius 1 is 0.234 bits per heavy atom. The number of rotatable bonds is 6. The molecule has 0 aliphatic rings. The van der Waals surface area contributed by atoms with Gasteiger partial charge in [0.25, 0.3) is 0 Å². The molecule has 0 N–H and O–H groups in total. The maximum atomic E-state index is 3.09. The topological polar surface area (TPSA) is 0 Å². The van der Waals surface area contributed by atoms with Crippen molar-refractivity contribution in [3.8, 4) is 66.8 Å². The Labute approximate surface area is 279 Å². The molecule has 8 aromatic rings. The van der Waals surface area contributed by atoms with Crippen molar-refractivity contribution in [1.29, 1.82) is 0 Å². The lowest BCUT2D eigenvalue weighted by Crippen LogP contribution is -2.06. The van der Waals surface area contributed by atoms with Gasteiger partial charge in [0, 0.05) is 0 Å². The highest BCUT2D eigenvalue weighted by molar-refractivity contribution is 7.28. The zero-order valence-electron chi connectivity index (χ0n) is 26.0. The van der Waals surface area contributed by atoms with Crippen molar-refractivity contribution in [2.45, 2.75) is 0 Å². The molecular weight excluding hydrogens is 583 g/mol. The lowest BCUT2D eigenvalue weighted by Gasteiger charge is -2.27. The van der Waals surface area contributed by atoms with Crippen molar-refractivity contribution >= 4 is 25.3 Å². The predicted octanol–water partition coefficient (Wildman–Crippen LogP) is 12.3. The monoisotopic (exact) mass is 616 g/mol. The van der Waals surface area contributed by atoms with Crippen LogP contribution in [0.5, 0.6) is 0 Å². The molecule has 0 bridgehead atoms. The minimum Gasteiger partial charge on any atom is -0.105 e. The molecule has 1 unspecified atom stereocenters. The third-order valence-corrected chi connectivity index (χ3v) is 9.52. The van der Waals surface area contributed by atoms with Crippen LogP contribution in [0.4, 0.5) is 0 Å². The zero-order chi connectivity index (χ0) is 31.6. The maximum Gasteiger partial charge on any atom is -0.000743 e. The van der Waals surface area contributed by atoms with Gasteiger partial charge in [0.15, 0.2) is 0 Å². The van der Waals surface area contributed by atoms with E-state index in [0.717, 1.165) is 5.30 Å². The van der Waals surface area contributed by atoms with E-state index in [1.807, 2.05) is 0 Å². The third-order valence-electron chi connectivity index (χ3n) is 9.04. The van der Waals surface area contributed by atoms with Gasteiger partial charge < -0.3 is 0 Å². The minimum absolute atomic E-state index is 1.16. The molecule has 0 heterocycles. The zero-order valence-corrected chi connectivity index (χ0v) is 27.1. The predicted molar refractivity (Wildman–Crippen MR) is 206 cm³/mol. The Hall–Kier alpha value is -5.55. The van der Waals surface area contributed by atoms with Crippen LogP contribution in [0.3, 0.4) is 0 Å². The summed E-state index contributed by atoms with van der Waals surface area (Å²) in [6.45, 7) is 0. The molecule has 47 heavy (non-hydrogen) atoms.